The highest BCUT2D eigenvalue weighted by Crippen LogP contribution is 2.18. The van der Waals surface area contributed by atoms with Crippen LogP contribution in [0.2, 0.25) is 0 Å². The summed E-state index contributed by atoms with van der Waals surface area (Å²) in [5, 5.41) is 14.3. The van der Waals surface area contributed by atoms with E-state index < -0.39 is 0 Å². The van der Waals surface area contributed by atoms with Gasteiger partial charge in [-0.3, -0.25) is 10.1 Å². The van der Waals surface area contributed by atoms with Crippen molar-refractivity contribution in [2.75, 3.05) is 0 Å². The van der Waals surface area contributed by atoms with Crippen LogP contribution in [0, 0.1) is 10.1 Å². The molecule has 1 N–H and O–H groups in total. The van der Waals surface area contributed by atoms with Gasteiger partial charge in [0.2, 0.25) is 0 Å². The van der Waals surface area contributed by atoms with Gasteiger partial charge in [-0.1, -0.05) is 44.2 Å². The second kappa shape index (κ2) is 8.93. The van der Waals surface area contributed by atoms with Crippen LogP contribution in [0.5, 0.6) is 0 Å². The van der Waals surface area contributed by atoms with Crippen LogP contribution in [0.3, 0.4) is 0 Å². The summed E-state index contributed by atoms with van der Waals surface area (Å²) < 4.78 is 0. The van der Waals surface area contributed by atoms with Gasteiger partial charge in [-0.25, -0.2) is 0 Å². The van der Waals surface area contributed by atoms with Crippen LogP contribution in [-0.4, -0.2) is 11.0 Å². The fraction of sp³-hybridized carbons (Fsp3) is 0.600. The van der Waals surface area contributed by atoms with E-state index in [1.165, 1.54) is 44.9 Å². The third-order valence-electron chi connectivity index (χ3n) is 3.82. The number of halogens is 1. The first-order chi connectivity index (χ1) is 9.25. The molecule has 0 heterocycles. The van der Waals surface area contributed by atoms with Gasteiger partial charge in [0.1, 0.15) is 0 Å². The Morgan fingerprint density at radius 2 is 1.80 bits per heavy atom. The molecule has 0 aliphatic heterocycles. The highest BCUT2D eigenvalue weighted by Gasteiger charge is 2.11. The quantitative estimate of drug-likeness (QED) is 0.669. The summed E-state index contributed by atoms with van der Waals surface area (Å²) in [6.45, 7) is 0.729. The molecule has 5 heteroatoms. The minimum Gasteiger partial charge on any atom is -0.310 e. The van der Waals surface area contributed by atoms with Crippen molar-refractivity contribution in [1.82, 2.24) is 5.32 Å². The van der Waals surface area contributed by atoms with Gasteiger partial charge < -0.3 is 5.32 Å². The Kier molecular flexibility index (Phi) is 7.55. The van der Waals surface area contributed by atoms with Gasteiger partial charge in [0.25, 0.3) is 5.69 Å². The highest BCUT2D eigenvalue weighted by molar-refractivity contribution is 5.85. The van der Waals surface area contributed by atoms with Crippen molar-refractivity contribution in [3.05, 3.63) is 39.9 Å². The van der Waals surface area contributed by atoms with E-state index in [9.17, 15) is 10.1 Å². The van der Waals surface area contributed by atoms with Crippen molar-refractivity contribution in [3.8, 4) is 0 Å². The topological polar surface area (TPSA) is 55.2 Å². The van der Waals surface area contributed by atoms with E-state index in [0.717, 1.165) is 12.1 Å². The summed E-state index contributed by atoms with van der Waals surface area (Å²) in [6.07, 6.45) is 9.12. The number of hydrogen-bond acceptors (Lipinski definition) is 3. The minimum atomic E-state index is -0.334. The van der Waals surface area contributed by atoms with Crippen LogP contribution in [0.4, 0.5) is 5.69 Å². The normalized spacial score (nSPS) is 16.8. The van der Waals surface area contributed by atoms with E-state index in [1.54, 1.807) is 18.2 Å². The number of nitro groups is 1. The second-order valence-corrected chi connectivity index (χ2v) is 5.35. The molecule has 0 bridgehead atoms. The largest absolute Gasteiger partial charge is 0.310 e. The Labute approximate surface area is 126 Å². The lowest BCUT2D eigenvalue weighted by Gasteiger charge is -2.21. The number of benzene rings is 1. The molecule has 1 aliphatic rings. The van der Waals surface area contributed by atoms with E-state index in [0.29, 0.717) is 6.04 Å². The Bertz CT molecular complexity index is 418. The molecule has 4 nitrogen and oxygen atoms in total. The Balaban J connectivity index is 0.00000200. The molecule has 1 aromatic rings. The lowest BCUT2D eigenvalue weighted by Crippen LogP contribution is -2.29. The molecule has 0 aromatic heterocycles. The zero-order valence-corrected chi connectivity index (χ0v) is 12.5. The van der Waals surface area contributed by atoms with Crippen molar-refractivity contribution in [2.45, 2.75) is 57.5 Å². The Hall–Kier alpha value is -1.13. The zero-order valence-electron chi connectivity index (χ0n) is 11.7. The van der Waals surface area contributed by atoms with Gasteiger partial charge in [-0.15, -0.1) is 12.4 Å². The molecule has 0 spiro atoms. The number of nitrogens with one attached hydrogen (secondary N) is 1. The molecular weight excluding hydrogens is 276 g/mol. The average Bonchev–Trinajstić information content (AvgIpc) is 2.38. The fourth-order valence-electron chi connectivity index (χ4n) is 2.70. The van der Waals surface area contributed by atoms with Gasteiger partial charge in [-0.2, -0.15) is 0 Å². The molecule has 112 valence electrons. The van der Waals surface area contributed by atoms with Crippen molar-refractivity contribution in [1.29, 1.82) is 0 Å². The lowest BCUT2D eigenvalue weighted by atomic mass is 9.96. The Morgan fingerprint density at radius 1 is 1.15 bits per heavy atom. The van der Waals surface area contributed by atoms with Gasteiger partial charge in [0, 0.05) is 24.7 Å². The number of non-ortho nitro benzene ring substituents is 1. The number of nitro benzene ring substituents is 1. The standard InChI is InChI=1S/C15H22N2O2.ClH/c18-17(19)15-10-6-7-13(11-15)12-16-14-8-4-2-1-3-5-9-14;/h6-7,10-11,14,16H,1-5,8-9,12H2;1H. The van der Waals surface area contributed by atoms with Gasteiger partial charge in [0.15, 0.2) is 0 Å². The predicted octanol–water partition coefficient (Wildman–Crippen LogP) is 4.22. The van der Waals surface area contributed by atoms with Crippen molar-refractivity contribution in [2.24, 2.45) is 0 Å². The van der Waals surface area contributed by atoms with Crippen LogP contribution in [0.25, 0.3) is 0 Å². The smallest absolute Gasteiger partial charge is 0.269 e. The summed E-state index contributed by atoms with van der Waals surface area (Å²) in [4.78, 5) is 10.4. The van der Waals surface area contributed by atoms with Gasteiger partial charge >= 0.3 is 0 Å². The van der Waals surface area contributed by atoms with E-state index >= 15 is 0 Å². The van der Waals surface area contributed by atoms with E-state index in [1.807, 2.05) is 6.07 Å². The first-order valence-corrected chi connectivity index (χ1v) is 7.22. The molecule has 20 heavy (non-hydrogen) atoms. The number of hydrogen-bond donors (Lipinski definition) is 1. The Morgan fingerprint density at radius 3 is 2.45 bits per heavy atom. The lowest BCUT2D eigenvalue weighted by molar-refractivity contribution is -0.384. The highest BCUT2D eigenvalue weighted by atomic mass is 35.5. The molecule has 1 saturated carbocycles. The van der Waals surface area contributed by atoms with Crippen molar-refractivity contribution in [3.63, 3.8) is 0 Å². The van der Waals surface area contributed by atoms with Crippen molar-refractivity contribution < 1.29 is 4.92 Å². The summed E-state index contributed by atoms with van der Waals surface area (Å²) in [7, 11) is 0. The molecule has 0 amide bonds. The maximum absolute atomic E-state index is 10.7. The van der Waals surface area contributed by atoms with E-state index in [2.05, 4.69) is 5.32 Å². The van der Waals surface area contributed by atoms with E-state index in [-0.39, 0.29) is 23.0 Å². The summed E-state index contributed by atoms with van der Waals surface area (Å²) in [5.41, 5.74) is 1.17. The minimum absolute atomic E-state index is 0. The zero-order chi connectivity index (χ0) is 13.5. The third kappa shape index (κ3) is 5.47. The molecule has 0 saturated heterocycles. The average molecular weight is 299 g/mol. The van der Waals surface area contributed by atoms with Crippen LogP contribution in [0.1, 0.15) is 50.5 Å². The fourth-order valence-corrected chi connectivity index (χ4v) is 2.70. The summed E-state index contributed by atoms with van der Waals surface area (Å²) in [5.74, 6) is 0. The summed E-state index contributed by atoms with van der Waals surface area (Å²) >= 11 is 0. The van der Waals surface area contributed by atoms with Gasteiger partial charge in [-0.05, 0) is 18.4 Å². The monoisotopic (exact) mass is 298 g/mol. The number of nitrogens with zero attached hydrogens (tertiary/aromatic N) is 1. The third-order valence-corrected chi connectivity index (χ3v) is 3.82. The first-order valence-electron chi connectivity index (χ1n) is 7.22. The SMILES string of the molecule is Cl.O=[N+]([O-])c1cccc(CNC2CCCCCCC2)c1. The molecule has 1 fully saturated rings. The summed E-state index contributed by atoms with van der Waals surface area (Å²) in [6, 6.07) is 7.48. The maximum atomic E-state index is 10.7. The molecular formula is C15H23ClN2O2. The van der Waals surface area contributed by atoms with Crippen LogP contribution >= 0.6 is 12.4 Å². The molecule has 1 aromatic carbocycles. The molecule has 2 rings (SSSR count). The van der Waals surface area contributed by atoms with Crippen LogP contribution in [-0.2, 0) is 6.54 Å². The molecule has 0 atom stereocenters. The predicted molar refractivity (Wildman–Crippen MR) is 83.3 cm³/mol. The maximum Gasteiger partial charge on any atom is 0.269 e. The second-order valence-electron chi connectivity index (χ2n) is 5.35. The first kappa shape index (κ1) is 16.9. The van der Waals surface area contributed by atoms with Crippen LogP contribution < -0.4 is 5.32 Å². The van der Waals surface area contributed by atoms with Gasteiger partial charge in [0.05, 0.1) is 4.92 Å². The molecule has 1 aliphatic carbocycles. The molecule has 0 radical (unpaired) electrons. The molecule has 0 unspecified atom stereocenters. The van der Waals surface area contributed by atoms with E-state index in [4.69, 9.17) is 0 Å². The number of rotatable bonds is 4. The van der Waals surface area contributed by atoms with Crippen molar-refractivity contribution >= 4 is 18.1 Å². The van der Waals surface area contributed by atoms with Crippen LogP contribution in [0.15, 0.2) is 24.3 Å².